The molecule has 0 aromatic carbocycles. The van der Waals surface area contributed by atoms with Crippen LogP contribution in [-0.4, -0.2) is 28.0 Å². The van der Waals surface area contributed by atoms with Crippen molar-refractivity contribution in [2.75, 3.05) is 12.3 Å². The van der Waals surface area contributed by atoms with E-state index < -0.39 is 0 Å². The minimum absolute atomic E-state index is 0.128. The third-order valence-electron chi connectivity index (χ3n) is 3.85. The highest BCUT2D eigenvalue weighted by Gasteiger charge is 2.26. The van der Waals surface area contributed by atoms with Gasteiger partial charge in [0.15, 0.2) is 0 Å². The van der Waals surface area contributed by atoms with E-state index in [1.165, 1.54) is 12.8 Å². The molecule has 0 saturated carbocycles. The number of amides is 1. The molecule has 2 heterocycles. The fourth-order valence-corrected chi connectivity index (χ4v) is 2.82. The summed E-state index contributed by atoms with van der Waals surface area (Å²) in [5, 5.41) is 0. The molecular weight excluding hydrogens is 226 g/mol. The number of nitrogens with two attached hydrogens (primary N) is 1. The Bertz CT molecular complexity index is 425. The van der Waals surface area contributed by atoms with Gasteiger partial charge in [-0.15, -0.1) is 0 Å². The number of likely N-dealkylation sites (tertiary alicyclic amines) is 1. The van der Waals surface area contributed by atoms with Crippen molar-refractivity contribution >= 4 is 11.6 Å². The van der Waals surface area contributed by atoms with Gasteiger partial charge in [-0.2, -0.15) is 0 Å². The van der Waals surface area contributed by atoms with Crippen LogP contribution < -0.4 is 5.73 Å². The molecule has 1 fully saturated rings. The first-order valence-electron chi connectivity index (χ1n) is 6.86. The maximum Gasteiger partial charge on any atom is 0.270 e. The Balaban J connectivity index is 2.22. The van der Waals surface area contributed by atoms with E-state index in [0.717, 1.165) is 25.8 Å². The Labute approximate surface area is 109 Å². The summed E-state index contributed by atoms with van der Waals surface area (Å²) in [5.41, 5.74) is 7.11. The quantitative estimate of drug-likeness (QED) is 0.875. The third-order valence-corrected chi connectivity index (χ3v) is 3.85. The lowest BCUT2D eigenvalue weighted by Gasteiger charge is -2.29. The Morgan fingerprint density at radius 3 is 2.83 bits per heavy atom. The molecule has 18 heavy (non-hydrogen) atoms. The third kappa shape index (κ3) is 2.52. The Kier molecular flexibility index (Phi) is 3.94. The highest BCUT2D eigenvalue weighted by atomic mass is 16.2. The summed E-state index contributed by atoms with van der Waals surface area (Å²) in [6.07, 6.45) is 7.54. The Morgan fingerprint density at radius 1 is 1.44 bits per heavy atom. The summed E-state index contributed by atoms with van der Waals surface area (Å²) >= 11 is 0. The topological polar surface area (TPSA) is 51.3 Å². The SMILES string of the molecule is CCC1CCCCCN1C(=O)c1cc(N)cn1C. The Morgan fingerprint density at radius 2 is 2.22 bits per heavy atom. The van der Waals surface area contributed by atoms with Crippen LogP contribution in [0.4, 0.5) is 5.69 Å². The van der Waals surface area contributed by atoms with Crippen molar-refractivity contribution in [3.8, 4) is 0 Å². The molecule has 1 aliphatic heterocycles. The standard InChI is InChI=1S/C14H23N3O/c1-3-12-7-5-4-6-8-17(12)14(18)13-9-11(15)10-16(13)2/h9-10,12H,3-8,15H2,1-2H3. The molecular formula is C14H23N3O. The second-order valence-electron chi connectivity index (χ2n) is 5.18. The van der Waals surface area contributed by atoms with Gasteiger partial charge in [0.1, 0.15) is 5.69 Å². The van der Waals surface area contributed by atoms with Gasteiger partial charge in [-0.3, -0.25) is 4.79 Å². The highest BCUT2D eigenvalue weighted by Crippen LogP contribution is 2.22. The van der Waals surface area contributed by atoms with E-state index in [0.29, 0.717) is 17.4 Å². The summed E-state index contributed by atoms with van der Waals surface area (Å²) in [7, 11) is 1.88. The number of carbonyl (C=O) groups excluding carboxylic acids is 1. The first kappa shape index (κ1) is 13.0. The van der Waals surface area contributed by atoms with Crippen LogP contribution >= 0.6 is 0 Å². The van der Waals surface area contributed by atoms with Gasteiger partial charge in [0.05, 0.1) is 5.69 Å². The second-order valence-corrected chi connectivity index (χ2v) is 5.18. The number of hydrogen-bond donors (Lipinski definition) is 1. The van der Waals surface area contributed by atoms with Gasteiger partial charge in [-0.25, -0.2) is 0 Å². The largest absolute Gasteiger partial charge is 0.397 e. The molecule has 1 aliphatic rings. The van der Waals surface area contributed by atoms with E-state index in [1.807, 2.05) is 16.5 Å². The molecule has 2 rings (SSSR count). The normalized spacial score (nSPS) is 20.8. The molecule has 0 aliphatic carbocycles. The van der Waals surface area contributed by atoms with Crippen molar-refractivity contribution in [3.63, 3.8) is 0 Å². The minimum Gasteiger partial charge on any atom is -0.397 e. The zero-order chi connectivity index (χ0) is 13.1. The molecule has 2 N–H and O–H groups in total. The van der Waals surface area contributed by atoms with Gasteiger partial charge in [0, 0.05) is 25.8 Å². The maximum atomic E-state index is 12.6. The number of anilines is 1. The van der Waals surface area contributed by atoms with Crippen LogP contribution in [0.5, 0.6) is 0 Å². The lowest BCUT2D eigenvalue weighted by Crippen LogP contribution is -2.40. The Hall–Kier alpha value is -1.45. The summed E-state index contributed by atoms with van der Waals surface area (Å²) < 4.78 is 1.83. The lowest BCUT2D eigenvalue weighted by atomic mass is 10.1. The van der Waals surface area contributed by atoms with Crippen LogP contribution in [0, 0.1) is 0 Å². The zero-order valence-electron chi connectivity index (χ0n) is 11.4. The van der Waals surface area contributed by atoms with Crippen molar-refractivity contribution in [1.82, 2.24) is 9.47 Å². The lowest BCUT2D eigenvalue weighted by molar-refractivity contribution is 0.0668. The van der Waals surface area contributed by atoms with Crippen LogP contribution in [0.25, 0.3) is 0 Å². The van der Waals surface area contributed by atoms with Crippen LogP contribution in [0.2, 0.25) is 0 Å². The van der Waals surface area contributed by atoms with E-state index in [-0.39, 0.29) is 5.91 Å². The van der Waals surface area contributed by atoms with Crippen LogP contribution in [0.3, 0.4) is 0 Å². The molecule has 1 aromatic heterocycles. The highest BCUT2D eigenvalue weighted by molar-refractivity contribution is 5.94. The molecule has 1 atom stereocenters. The number of rotatable bonds is 2. The predicted molar refractivity (Wildman–Crippen MR) is 73.4 cm³/mol. The second kappa shape index (κ2) is 5.46. The molecule has 1 amide bonds. The molecule has 4 nitrogen and oxygen atoms in total. The van der Waals surface area contributed by atoms with Crippen LogP contribution in [0.15, 0.2) is 12.3 Å². The van der Waals surface area contributed by atoms with Crippen molar-refractivity contribution in [3.05, 3.63) is 18.0 Å². The first-order chi connectivity index (χ1) is 8.63. The van der Waals surface area contributed by atoms with Crippen LogP contribution in [-0.2, 0) is 7.05 Å². The summed E-state index contributed by atoms with van der Waals surface area (Å²) in [5.74, 6) is 0.128. The van der Waals surface area contributed by atoms with Crippen molar-refractivity contribution in [1.29, 1.82) is 0 Å². The van der Waals surface area contributed by atoms with Gasteiger partial charge < -0.3 is 15.2 Å². The van der Waals surface area contributed by atoms with Gasteiger partial charge in [-0.1, -0.05) is 19.8 Å². The number of nitrogen functional groups attached to an aromatic ring is 1. The maximum absolute atomic E-state index is 12.6. The molecule has 0 radical (unpaired) electrons. The average molecular weight is 249 g/mol. The molecule has 1 unspecified atom stereocenters. The molecule has 100 valence electrons. The predicted octanol–water partition coefficient (Wildman–Crippen LogP) is 2.40. The fraction of sp³-hybridized carbons (Fsp3) is 0.643. The number of aromatic nitrogens is 1. The molecule has 4 heteroatoms. The van der Waals surface area contributed by atoms with Crippen LogP contribution in [0.1, 0.15) is 49.5 Å². The van der Waals surface area contributed by atoms with E-state index in [4.69, 9.17) is 5.73 Å². The van der Waals surface area contributed by atoms with Gasteiger partial charge in [-0.05, 0) is 25.3 Å². The zero-order valence-corrected chi connectivity index (χ0v) is 11.4. The molecule has 1 saturated heterocycles. The van der Waals surface area contributed by atoms with Crippen molar-refractivity contribution in [2.45, 2.75) is 45.1 Å². The number of aryl methyl sites for hydroxylation is 1. The first-order valence-corrected chi connectivity index (χ1v) is 6.86. The van der Waals surface area contributed by atoms with E-state index in [2.05, 4.69) is 6.92 Å². The van der Waals surface area contributed by atoms with Crippen molar-refractivity contribution < 1.29 is 4.79 Å². The van der Waals surface area contributed by atoms with Gasteiger partial charge >= 0.3 is 0 Å². The number of hydrogen-bond acceptors (Lipinski definition) is 2. The average Bonchev–Trinajstić information content (AvgIpc) is 2.56. The minimum atomic E-state index is 0.128. The van der Waals surface area contributed by atoms with E-state index >= 15 is 0 Å². The van der Waals surface area contributed by atoms with E-state index in [9.17, 15) is 4.79 Å². The summed E-state index contributed by atoms with van der Waals surface area (Å²) in [6.45, 7) is 3.04. The van der Waals surface area contributed by atoms with Gasteiger partial charge in [0.25, 0.3) is 5.91 Å². The molecule has 0 bridgehead atoms. The summed E-state index contributed by atoms with van der Waals surface area (Å²) in [6, 6.07) is 2.16. The van der Waals surface area contributed by atoms with Gasteiger partial charge in [0.2, 0.25) is 0 Å². The smallest absolute Gasteiger partial charge is 0.270 e. The molecule has 1 aromatic rings. The monoisotopic (exact) mass is 249 g/mol. The van der Waals surface area contributed by atoms with Crippen molar-refractivity contribution in [2.24, 2.45) is 7.05 Å². The number of carbonyl (C=O) groups is 1. The fourth-order valence-electron chi connectivity index (χ4n) is 2.82. The number of nitrogens with zero attached hydrogens (tertiary/aromatic N) is 2. The van der Waals surface area contributed by atoms with E-state index in [1.54, 1.807) is 12.3 Å². The summed E-state index contributed by atoms with van der Waals surface area (Å²) in [4.78, 5) is 14.6. The molecule has 0 spiro atoms.